The Kier molecular flexibility index (Phi) is 4.61. The van der Waals surface area contributed by atoms with Crippen LogP contribution < -0.4 is 4.74 Å². The number of rotatable bonds is 4. The van der Waals surface area contributed by atoms with E-state index in [1.165, 1.54) is 22.5 Å². The van der Waals surface area contributed by atoms with Gasteiger partial charge in [0.2, 0.25) is 5.82 Å². The third kappa shape index (κ3) is 3.57. The van der Waals surface area contributed by atoms with Crippen molar-refractivity contribution in [3.8, 4) is 17.3 Å². The maximum atomic E-state index is 12.4. The number of para-hydroxylation sites is 2. The zero-order valence-corrected chi connectivity index (χ0v) is 14.2. The molecule has 132 valence electrons. The average molecular weight is 369 g/mol. The Morgan fingerprint density at radius 1 is 1.24 bits per heavy atom. The highest BCUT2D eigenvalue weighted by molar-refractivity contribution is 7.89. The number of benzene rings is 1. The second-order valence-electron chi connectivity index (χ2n) is 5.33. The van der Waals surface area contributed by atoms with Gasteiger partial charge in [-0.3, -0.25) is 4.98 Å². The first-order valence-corrected chi connectivity index (χ1v) is 8.76. The highest BCUT2D eigenvalue weighted by Crippen LogP contribution is 2.31. The van der Waals surface area contributed by atoms with Crippen LogP contribution >= 0.6 is 0 Å². The van der Waals surface area contributed by atoms with E-state index in [0.29, 0.717) is 28.1 Å². The van der Waals surface area contributed by atoms with Crippen molar-refractivity contribution in [2.24, 2.45) is 0 Å². The predicted octanol–water partition coefficient (Wildman–Crippen LogP) is 3.49. The van der Waals surface area contributed by atoms with E-state index in [-0.39, 0.29) is 5.75 Å². The molecule has 2 aromatic heterocycles. The lowest BCUT2D eigenvalue weighted by atomic mass is 10.2. The zero-order chi connectivity index (χ0) is 18.2. The summed E-state index contributed by atoms with van der Waals surface area (Å²) in [5.41, 5.74) is 2.00. The lowest BCUT2D eigenvalue weighted by Gasteiger charge is -2.14. The van der Waals surface area contributed by atoms with Gasteiger partial charge in [0.25, 0.3) is 0 Å². The molecule has 3 aromatic rings. The Bertz CT molecular complexity index is 909. The first-order chi connectivity index (χ1) is 11.8. The third-order valence-electron chi connectivity index (χ3n) is 3.53. The number of fused-ring (bicyclic) bond motifs is 1. The molecule has 1 atom stereocenters. The van der Waals surface area contributed by atoms with Crippen molar-refractivity contribution >= 4 is 22.4 Å². The molecule has 1 aromatic carbocycles. The minimum atomic E-state index is -4.44. The van der Waals surface area contributed by atoms with Crippen molar-refractivity contribution in [1.29, 1.82) is 0 Å². The second kappa shape index (κ2) is 6.57. The van der Waals surface area contributed by atoms with Crippen molar-refractivity contribution in [2.45, 2.75) is 13.1 Å². The molecule has 9 heteroatoms. The van der Waals surface area contributed by atoms with Crippen LogP contribution in [0.15, 0.2) is 36.5 Å². The summed E-state index contributed by atoms with van der Waals surface area (Å²) in [5, 5.41) is 0. The number of alkyl halides is 3. The van der Waals surface area contributed by atoms with Crippen molar-refractivity contribution in [1.82, 2.24) is 13.9 Å². The van der Waals surface area contributed by atoms with Crippen LogP contribution in [-0.2, 0) is 11.4 Å². The molecule has 0 aliphatic carbocycles. The SMILES string of the molecule is Cc1c(OCC(F)(F)F)ccnc1-c1nc2ccccc2n1[S@@+](C)[O-]. The van der Waals surface area contributed by atoms with Crippen LogP contribution in [0.25, 0.3) is 22.6 Å². The summed E-state index contributed by atoms with van der Waals surface area (Å²) in [6, 6.07) is 8.49. The summed E-state index contributed by atoms with van der Waals surface area (Å²) in [4.78, 5) is 8.66. The Morgan fingerprint density at radius 2 is 1.96 bits per heavy atom. The summed E-state index contributed by atoms with van der Waals surface area (Å²) in [5.74, 6) is 0.375. The van der Waals surface area contributed by atoms with E-state index in [1.54, 1.807) is 31.2 Å². The molecule has 0 bridgehead atoms. The van der Waals surface area contributed by atoms with Crippen LogP contribution in [0.3, 0.4) is 0 Å². The number of hydrogen-bond acceptors (Lipinski definition) is 4. The Balaban J connectivity index is 2.11. The number of nitrogens with zero attached hydrogens (tertiary/aromatic N) is 3. The largest absolute Gasteiger partial charge is 0.593 e. The van der Waals surface area contributed by atoms with Crippen LogP contribution in [0.5, 0.6) is 5.75 Å². The number of imidazole rings is 1. The smallest absolute Gasteiger partial charge is 0.422 e. The molecule has 0 N–H and O–H groups in total. The first kappa shape index (κ1) is 17.6. The van der Waals surface area contributed by atoms with Crippen molar-refractivity contribution in [3.63, 3.8) is 0 Å². The number of hydrogen-bond donors (Lipinski definition) is 0. The van der Waals surface area contributed by atoms with Gasteiger partial charge in [0.1, 0.15) is 23.2 Å². The van der Waals surface area contributed by atoms with Gasteiger partial charge in [-0.25, -0.2) is 4.98 Å². The molecule has 0 radical (unpaired) electrons. The van der Waals surface area contributed by atoms with E-state index in [1.807, 2.05) is 0 Å². The summed E-state index contributed by atoms with van der Waals surface area (Å²) in [7, 11) is 0. The molecule has 0 saturated carbocycles. The standard InChI is InChI=1S/C16H14F3N3O2S/c1-10-13(24-9-16(17,18)19)7-8-20-14(10)15-21-11-5-3-4-6-12(11)22(15)25(2)23/h3-8H,9H2,1-2H3/t25-/m1/s1. The summed E-state index contributed by atoms with van der Waals surface area (Å²) in [6.45, 7) is 0.198. The number of aromatic nitrogens is 3. The van der Waals surface area contributed by atoms with Crippen molar-refractivity contribution < 1.29 is 22.5 Å². The van der Waals surface area contributed by atoms with E-state index in [2.05, 4.69) is 9.97 Å². The molecule has 0 amide bonds. The van der Waals surface area contributed by atoms with Crippen LogP contribution in [0, 0.1) is 6.92 Å². The monoisotopic (exact) mass is 369 g/mol. The van der Waals surface area contributed by atoms with Crippen LogP contribution in [0.4, 0.5) is 13.2 Å². The maximum absolute atomic E-state index is 12.4. The third-order valence-corrected chi connectivity index (χ3v) is 4.42. The van der Waals surface area contributed by atoms with Gasteiger partial charge in [0.15, 0.2) is 6.61 Å². The van der Waals surface area contributed by atoms with Crippen LogP contribution in [0.1, 0.15) is 5.56 Å². The molecule has 0 aliphatic rings. The molecule has 2 heterocycles. The van der Waals surface area contributed by atoms with Gasteiger partial charge in [0, 0.05) is 11.8 Å². The summed E-state index contributed by atoms with van der Waals surface area (Å²) >= 11 is -1.42. The predicted molar refractivity (Wildman–Crippen MR) is 88.7 cm³/mol. The van der Waals surface area contributed by atoms with E-state index in [4.69, 9.17) is 4.74 Å². The zero-order valence-electron chi connectivity index (χ0n) is 13.4. The van der Waals surface area contributed by atoms with Gasteiger partial charge in [-0.2, -0.15) is 13.2 Å². The number of pyridine rings is 1. The minimum absolute atomic E-state index is 0.0582. The van der Waals surface area contributed by atoms with Crippen molar-refractivity contribution in [3.05, 3.63) is 42.1 Å². The Morgan fingerprint density at radius 3 is 2.64 bits per heavy atom. The summed E-state index contributed by atoms with van der Waals surface area (Å²) in [6.07, 6.45) is -1.60. The quantitative estimate of drug-likeness (QED) is 0.661. The summed E-state index contributed by atoms with van der Waals surface area (Å²) < 4.78 is 55.8. The fourth-order valence-electron chi connectivity index (χ4n) is 2.47. The second-order valence-corrected chi connectivity index (χ2v) is 6.54. The van der Waals surface area contributed by atoms with Crippen LogP contribution in [-0.4, -0.2) is 37.5 Å². The minimum Gasteiger partial charge on any atom is -0.593 e. The van der Waals surface area contributed by atoms with Gasteiger partial charge in [-0.1, -0.05) is 12.1 Å². The molecule has 0 aliphatic heterocycles. The molecule has 25 heavy (non-hydrogen) atoms. The molecule has 5 nitrogen and oxygen atoms in total. The molecular formula is C16H14F3N3O2S. The van der Waals surface area contributed by atoms with E-state index in [0.717, 1.165) is 0 Å². The maximum Gasteiger partial charge on any atom is 0.422 e. The average Bonchev–Trinajstić information content (AvgIpc) is 2.92. The lowest BCUT2D eigenvalue weighted by Crippen LogP contribution is -2.19. The molecule has 0 unspecified atom stereocenters. The Hall–Kier alpha value is -2.26. The normalized spacial score (nSPS) is 13.2. The molecule has 3 rings (SSSR count). The van der Waals surface area contributed by atoms with Gasteiger partial charge in [-0.05, 0) is 25.1 Å². The van der Waals surface area contributed by atoms with Gasteiger partial charge in [0.05, 0.1) is 16.9 Å². The highest BCUT2D eigenvalue weighted by atomic mass is 32.2. The van der Waals surface area contributed by atoms with Crippen LogP contribution in [0.2, 0.25) is 0 Å². The Labute approximate surface area is 144 Å². The fraction of sp³-hybridized carbons (Fsp3) is 0.250. The van der Waals surface area contributed by atoms with Gasteiger partial charge < -0.3 is 9.29 Å². The first-order valence-electron chi connectivity index (χ1n) is 7.25. The van der Waals surface area contributed by atoms with E-state index < -0.39 is 24.1 Å². The highest BCUT2D eigenvalue weighted by Gasteiger charge is 2.29. The molecule has 0 saturated heterocycles. The fourth-order valence-corrected chi connectivity index (χ4v) is 3.28. The van der Waals surface area contributed by atoms with Gasteiger partial charge in [-0.15, -0.1) is 3.97 Å². The lowest BCUT2D eigenvalue weighted by molar-refractivity contribution is -0.153. The van der Waals surface area contributed by atoms with Crippen molar-refractivity contribution in [2.75, 3.05) is 12.9 Å². The molecule has 0 fully saturated rings. The number of halogens is 3. The van der Waals surface area contributed by atoms with E-state index in [9.17, 15) is 17.7 Å². The molecular weight excluding hydrogens is 355 g/mol. The number of ether oxygens (including phenoxy) is 1. The topological polar surface area (TPSA) is 63.0 Å². The van der Waals surface area contributed by atoms with Gasteiger partial charge >= 0.3 is 6.18 Å². The van der Waals surface area contributed by atoms with E-state index >= 15 is 0 Å². The molecule has 0 spiro atoms.